The quantitative estimate of drug-likeness (QED) is 0.594. The minimum Gasteiger partial charge on any atom is -0.467 e. The zero-order valence-electron chi connectivity index (χ0n) is 16.8. The van der Waals surface area contributed by atoms with Gasteiger partial charge in [0.15, 0.2) is 0 Å². The molecule has 1 aliphatic rings. The fourth-order valence-corrected chi connectivity index (χ4v) is 3.23. The van der Waals surface area contributed by atoms with Gasteiger partial charge < -0.3 is 20.1 Å². The molecule has 1 fully saturated rings. The Morgan fingerprint density at radius 3 is 2.54 bits per heavy atom. The Labute approximate surface area is 166 Å². The van der Waals surface area contributed by atoms with E-state index in [1.165, 1.54) is 7.11 Å². The summed E-state index contributed by atoms with van der Waals surface area (Å²) in [5.41, 5.74) is 0.969. The van der Waals surface area contributed by atoms with E-state index >= 15 is 0 Å². The van der Waals surface area contributed by atoms with Crippen LogP contribution in [0, 0.1) is 11.8 Å². The molecule has 0 unspecified atom stereocenters. The van der Waals surface area contributed by atoms with Crippen molar-refractivity contribution < 1.29 is 23.9 Å². The van der Waals surface area contributed by atoms with Crippen LogP contribution in [0.2, 0.25) is 0 Å². The minimum absolute atomic E-state index is 0.0952. The van der Waals surface area contributed by atoms with Gasteiger partial charge in [-0.1, -0.05) is 44.2 Å². The van der Waals surface area contributed by atoms with Crippen LogP contribution in [0.15, 0.2) is 30.3 Å². The normalized spacial score (nSPS) is 18.4. The third kappa shape index (κ3) is 6.64. The third-order valence-electron chi connectivity index (χ3n) is 4.76. The number of ether oxygens (including phenoxy) is 2. The van der Waals surface area contributed by atoms with Crippen molar-refractivity contribution in [2.45, 2.75) is 51.9 Å². The van der Waals surface area contributed by atoms with Gasteiger partial charge in [-0.25, -0.2) is 4.79 Å². The maximum Gasteiger partial charge on any atom is 0.328 e. The summed E-state index contributed by atoms with van der Waals surface area (Å²) in [6, 6.07) is 8.73. The van der Waals surface area contributed by atoms with Gasteiger partial charge in [-0.15, -0.1) is 0 Å². The molecule has 0 saturated carbocycles. The van der Waals surface area contributed by atoms with Gasteiger partial charge in [0.25, 0.3) is 0 Å². The van der Waals surface area contributed by atoms with Crippen molar-refractivity contribution in [1.82, 2.24) is 10.6 Å². The Morgan fingerprint density at radius 1 is 1.25 bits per heavy atom. The van der Waals surface area contributed by atoms with Gasteiger partial charge >= 0.3 is 5.97 Å². The lowest BCUT2D eigenvalue weighted by Crippen LogP contribution is -2.48. The molecule has 1 aromatic rings. The first-order valence-electron chi connectivity index (χ1n) is 9.72. The number of esters is 1. The molecule has 0 aromatic heterocycles. The summed E-state index contributed by atoms with van der Waals surface area (Å²) in [6.07, 6.45) is 0.695. The number of hydrogen-bond acceptors (Lipinski definition) is 5. The van der Waals surface area contributed by atoms with Crippen LogP contribution in [0.3, 0.4) is 0 Å². The molecule has 1 heterocycles. The molecule has 2 rings (SSSR count). The lowest BCUT2D eigenvalue weighted by atomic mass is 9.97. The highest BCUT2D eigenvalue weighted by atomic mass is 16.5. The fraction of sp³-hybridized carbons (Fsp3) is 0.571. The van der Waals surface area contributed by atoms with Crippen LogP contribution >= 0.6 is 0 Å². The number of methoxy groups -OCH3 is 1. The second kappa shape index (κ2) is 10.8. The van der Waals surface area contributed by atoms with E-state index < -0.39 is 18.1 Å². The maximum absolute atomic E-state index is 12.8. The van der Waals surface area contributed by atoms with Crippen molar-refractivity contribution in [3.63, 3.8) is 0 Å². The molecule has 1 saturated heterocycles. The van der Waals surface area contributed by atoms with Crippen molar-refractivity contribution in [1.29, 1.82) is 0 Å². The van der Waals surface area contributed by atoms with E-state index in [1.54, 1.807) is 0 Å². The number of amides is 2. The molecule has 0 radical (unpaired) electrons. The van der Waals surface area contributed by atoms with Gasteiger partial charge in [0, 0.05) is 12.5 Å². The summed E-state index contributed by atoms with van der Waals surface area (Å²) in [4.78, 5) is 36.8. The van der Waals surface area contributed by atoms with E-state index in [9.17, 15) is 14.4 Å². The van der Waals surface area contributed by atoms with Gasteiger partial charge in [0.1, 0.15) is 12.1 Å². The van der Waals surface area contributed by atoms with Crippen LogP contribution < -0.4 is 10.6 Å². The Bertz CT molecular complexity index is 662. The Hall–Kier alpha value is -2.41. The van der Waals surface area contributed by atoms with Crippen molar-refractivity contribution in [3.8, 4) is 0 Å². The fourth-order valence-electron chi connectivity index (χ4n) is 3.23. The summed E-state index contributed by atoms with van der Waals surface area (Å²) >= 11 is 0. The average molecular weight is 390 g/mol. The van der Waals surface area contributed by atoms with E-state index in [2.05, 4.69) is 10.6 Å². The van der Waals surface area contributed by atoms with E-state index in [0.717, 1.165) is 5.56 Å². The lowest BCUT2D eigenvalue weighted by molar-refractivity contribution is -0.148. The Kier molecular flexibility index (Phi) is 8.44. The smallest absolute Gasteiger partial charge is 0.328 e. The summed E-state index contributed by atoms with van der Waals surface area (Å²) in [5.74, 6) is -1.08. The number of hydrogen-bond donors (Lipinski definition) is 2. The first-order chi connectivity index (χ1) is 13.4. The topological polar surface area (TPSA) is 93.7 Å². The summed E-state index contributed by atoms with van der Waals surface area (Å²) in [5, 5.41) is 5.48. The van der Waals surface area contributed by atoms with E-state index in [-0.39, 0.29) is 30.1 Å². The second-order valence-corrected chi connectivity index (χ2v) is 7.51. The minimum atomic E-state index is -0.874. The number of carbonyl (C=O) groups is 3. The van der Waals surface area contributed by atoms with Crippen LogP contribution in [0.4, 0.5) is 0 Å². The number of nitrogens with one attached hydrogen (secondary N) is 2. The summed E-state index contributed by atoms with van der Waals surface area (Å²) in [6.45, 7) is 4.90. The Balaban J connectivity index is 2.02. The largest absolute Gasteiger partial charge is 0.467 e. The van der Waals surface area contributed by atoms with Gasteiger partial charge in [0.05, 0.1) is 13.7 Å². The maximum atomic E-state index is 12.8. The SMILES string of the molecule is COC(=O)[C@H](C[C@@H]1CCNC1=O)NC(=O)[C@H](CC(C)C)OCc1ccccc1. The predicted octanol–water partition coefficient (Wildman–Crippen LogP) is 1.80. The molecular formula is C21H30N2O5. The molecule has 0 spiro atoms. The third-order valence-corrected chi connectivity index (χ3v) is 4.76. The standard InChI is InChI=1S/C21H30N2O5/c1-14(2)11-18(28-13-15-7-5-4-6-8-15)20(25)23-17(21(26)27-3)12-16-9-10-22-19(16)24/h4-8,14,16-18H,9-13H2,1-3H3,(H,22,24)(H,23,25)/t16-,17-,18-/m0/s1. The highest BCUT2D eigenvalue weighted by Gasteiger charge is 2.33. The Morgan fingerprint density at radius 2 is 1.96 bits per heavy atom. The number of rotatable bonds is 10. The molecule has 3 atom stereocenters. The van der Waals surface area contributed by atoms with Crippen molar-refractivity contribution in [2.75, 3.05) is 13.7 Å². The van der Waals surface area contributed by atoms with E-state index in [1.807, 2.05) is 44.2 Å². The molecule has 28 heavy (non-hydrogen) atoms. The van der Waals surface area contributed by atoms with Crippen molar-refractivity contribution in [3.05, 3.63) is 35.9 Å². The molecular weight excluding hydrogens is 360 g/mol. The zero-order valence-corrected chi connectivity index (χ0v) is 16.8. The molecule has 0 aliphatic carbocycles. The van der Waals surface area contributed by atoms with E-state index in [0.29, 0.717) is 26.0 Å². The lowest BCUT2D eigenvalue weighted by Gasteiger charge is -2.24. The van der Waals surface area contributed by atoms with Crippen LogP contribution in [0.25, 0.3) is 0 Å². The van der Waals surface area contributed by atoms with Crippen molar-refractivity contribution in [2.24, 2.45) is 11.8 Å². The highest BCUT2D eigenvalue weighted by molar-refractivity contribution is 5.88. The first kappa shape index (κ1) is 21.9. The number of carbonyl (C=O) groups excluding carboxylic acids is 3. The first-order valence-corrected chi connectivity index (χ1v) is 9.72. The second-order valence-electron chi connectivity index (χ2n) is 7.51. The van der Waals surface area contributed by atoms with Crippen molar-refractivity contribution >= 4 is 17.8 Å². The van der Waals surface area contributed by atoms with Crippen LogP contribution in [0.1, 0.15) is 38.7 Å². The molecule has 1 aliphatic heterocycles. The predicted molar refractivity (Wildman–Crippen MR) is 104 cm³/mol. The average Bonchev–Trinajstić information content (AvgIpc) is 3.09. The van der Waals surface area contributed by atoms with Gasteiger partial charge in [-0.2, -0.15) is 0 Å². The van der Waals surface area contributed by atoms with Crippen LogP contribution in [-0.4, -0.2) is 43.6 Å². The van der Waals surface area contributed by atoms with Gasteiger partial charge in [-0.3, -0.25) is 9.59 Å². The van der Waals surface area contributed by atoms with Gasteiger partial charge in [0.2, 0.25) is 11.8 Å². The van der Waals surface area contributed by atoms with E-state index in [4.69, 9.17) is 9.47 Å². The monoisotopic (exact) mass is 390 g/mol. The molecule has 0 bridgehead atoms. The molecule has 1 aromatic carbocycles. The summed E-state index contributed by atoms with van der Waals surface area (Å²) in [7, 11) is 1.27. The highest BCUT2D eigenvalue weighted by Crippen LogP contribution is 2.18. The van der Waals surface area contributed by atoms with Crippen LogP contribution in [-0.2, 0) is 30.5 Å². The van der Waals surface area contributed by atoms with Gasteiger partial charge in [-0.05, 0) is 30.7 Å². The molecule has 2 N–H and O–H groups in total. The molecule has 2 amide bonds. The summed E-state index contributed by atoms with van der Waals surface area (Å²) < 4.78 is 10.7. The molecule has 7 heteroatoms. The zero-order chi connectivity index (χ0) is 20.5. The molecule has 154 valence electrons. The van der Waals surface area contributed by atoms with Crippen LogP contribution in [0.5, 0.6) is 0 Å². The molecule has 7 nitrogen and oxygen atoms in total. The number of benzene rings is 1.